The maximum Gasteiger partial charge on any atom is 0.0622 e. The molecule has 0 spiro atoms. The molecule has 0 aliphatic rings. The highest BCUT2D eigenvalue weighted by Crippen LogP contribution is 2.24. The van der Waals surface area contributed by atoms with Gasteiger partial charge in [-0.1, -0.05) is 35.4 Å². The van der Waals surface area contributed by atoms with Crippen LogP contribution in [-0.2, 0) is 0 Å². The van der Waals surface area contributed by atoms with Gasteiger partial charge in [-0.3, -0.25) is 0 Å². The molecule has 1 nitrogen and oxygen atoms in total. The van der Waals surface area contributed by atoms with Crippen molar-refractivity contribution in [1.29, 1.82) is 5.26 Å². The molecule has 0 saturated heterocycles. The van der Waals surface area contributed by atoms with Gasteiger partial charge in [-0.15, -0.1) is 0 Å². The molecule has 0 aromatic heterocycles. The highest BCUT2D eigenvalue weighted by atomic mass is 33.1. The van der Waals surface area contributed by atoms with Crippen molar-refractivity contribution >= 4 is 21.6 Å². The van der Waals surface area contributed by atoms with Gasteiger partial charge in [0.25, 0.3) is 0 Å². The minimum Gasteiger partial charge on any atom is -0.198 e. The molecule has 0 N–H and O–H groups in total. The quantitative estimate of drug-likeness (QED) is 0.465. The number of unbranched alkanes of at least 4 members (excludes halogenated alkanes) is 1. The molecule has 0 aromatic rings. The standard InChI is InChI=1S/C9H17NS2/c1-9(2)5-8-12-11-7-4-3-6-10/h9H,3-5,7-8H2,1-2H3. The number of hydrogen-bond donors (Lipinski definition) is 0. The Bertz CT molecular complexity index is 129. The van der Waals surface area contributed by atoms with Crippen molar-refractivity contribution < 1.29 is 0 Å². The van der Waals surface area contributed by atoms with Crippen LogP contribution in [0, 0.1) is 17.2 Å². The van der Waals surface area contributed by atoms with Gasteiger partial charge in [-0.05, 0) is 18.8 Å². The lowest BCUT2D eigenvalue weighted by molar-refractivity contribution is 0.633. The maximum absolute atomic E-state index is 8.28. The second-order valence-corrected chi connectivity index (χ2v) is 5.79. The zero-order valence-corrected chi connectivity index (χ0v) is 9.51. The fourth-order valence-corrected chi connectivity index (χ4v) is 3.03. The van der Waals surface area contributed by atoms with E-state index in [2.05, 4.69) is 19.9 Å². The Labute approximate surface area is 83.7 Å². The average molecular weight is 203 g/mol. The predicted octanol–water partition coefficient (Wildman–Crippen LogP) is 3.72. The third kappa shape index (κ3) is 10.2. The fourth-order valence-electron chi connectivity index (χ4n) is 0.612. The molecular weight excluding hydrogens is 186 g/mol. The van der Waals surface area contributed by atoms with E-state index in [4.69, 9.17) is 5.26 Å². The normalized spacial score (nSPS) is 10.2. The molecule has 0 unspecified atom stereocenters. The Hall–Kier alpha value is 0.190. The van der Waals surface area contributed by atoms with Crippen LogP contribution in [0.2, 0.25) is 0 Å². The minimum atomic E-state index is 0.706. The van der Waals surface area contributed by atoms with Gasteiger partial charge in [-0.25, -0.2) is 0 Å². The Kier molecular flexibility index (Phi) is 9.43. The Morgan fingerprint density at radius 1 is 1.25 bits per heavy atom. The van der Waals surface area contributed by atoms with Gasteiger partial charge in [0.05, 0.1) is 6.07 Å². The average Bonchev–Trinajstić information content (AvgIpc) is 2.02. The van der Waals surface area contributed by atoms with Crippen molar-refractivity contribution in [3.8, 4) is 6.07 Å². The lowest BCUT2D eigenvalue weighted by Crippen LogP contribution is -1.87. The summed E-state index contributed by atoms with van der Waals surface area (Å²) < 4.78 is 0. The smallest absolute Gasteiger partial charge is 0.0622 e. The number of rotatable bonds is 7. The van der Waals surface area contributed by atoms with Gasteiger partial charge in [0.15, 0.2) is 0 Å². The molecule has 0 atom stereocenters. The van der Waals surface area contributed by atoms with Crippen LogP contribution in [0.1, 0.15) is 33.1 Å². The first-order valence-electron chi connectivity index (χ1n) is 4.38. The summed E-state index contributed by atoms with van der Waals surface area (Å²) >= 11 is 0. The summed E-state index contributed by atoms with van der Waals surface area (Å²) in [5.41, 5.74) is 0. The van der Waals surface area contributed by atoms with E-state index in [1.165, 1.54) is 12.2 Å². The van der Waals surface area contributed by atoms with E-state index in [0.717, 1.165) is 18.1 Å². The summed E-state index contributed by atoms with van der Waals surface area (Å²) in [5, 5.41) is 8.28. The molecule has 0 saturated carbocycles. The first-order chi connectivity index (χ1) is 5.77. The molecule has 0 amide bonds. The van der Waals surface area contributed by atoms with Crippen LogP contribution in [0.4, 0.5) is 0 Å². The molecule has 0 radical (unpaired) electrons. The SMILES string of the molecule is CC(C)CCSSCCCC#N. The zero-order valence-electron chi connectivity index (χ0n) is 7.88. The third-order valence-corrected chi connectivity index (χ3v) is 3.90. The van der Waals surface area contributed by atoms with E-state index >= 15 is 0 Å². The Balaban J connectivity index is 2.87. The maximum atomic E-state index is 8.28. The topological polar surface area (TPSA) is 23.8 Å². The van der Waals surface area contributed by atoms with Gasteiger partial charge in [-0.2, -0.15) is 5.26 Å². The van der Waals surface area contributed by atoms with Crippen molar-refractivity contribution in [3.63, 3.8) is 0 Å². The van der Waals surface area contributed by atoms with Crippen molar-refractivity contribution in [2.75, 3.05) is 11.5 Å². The molecular formula is C9H17NS2. The molecule has 70 valence electrons. The van der Waals surface area contributed by atoms with Crippen molar-refractivity contribution in [3.05, 3.63) is 0 Å². The van der Waals surface area contributed by atoms with E-state index in [0.29, 0.717) is 6.42 Å². The van der Waals surface area contributed by atoms with Crippen LogP contribution >= 0.6 is 21.6 Å². The molecule has 0 aliphatic heterocycles. The lowest BCUT2D eigenvalue weighted by Gasteiger charge is -2.02. The molecule has 0 bridgehead atoms. The number of hydrogen-bond acceptors (Lipinski definition) is 3. The Morgan fingerprint density at radius 3 is 2.50 bits per heavy atom. The molecule has 0 aliphatic carbocycles. The van der Waals surface area contributed by atoms with Crippen LogP contribution in [0.25, 0.3) is 0 Å². The van der Waals surface area contributed by atoms with Crippen LogP contribution in [0.3, 0.4) is 0 Å². The third-order valence-electron chi connectivity index (χ3n) is 1.38. The van der Waals surface area contributed by atoms with E-state index in [9.17, 15) is 0 Å². The van der Waals surface area contributed by atoms with Crippen LogP contribution in [-0.4, -0.2) is 11.5 Å². The monoisotopic (exact) mass is 203 g/mol. The van der Waals surface area contributed by atoms with Crippen LogP contribution in [0.15, 0.2) is 0 Å². The van der Waals surface area contributed by atoms with Crippen LogP contribution in [0.5, 0.6) is 0 Å². The summed E-state index contributed by atoms with van der Waals surface area (Å²) in [4.78, 5) is 0. The first-order valence-corrected chi connectivity index (χ1v) is 6.87. The molecule has 0 heterocycles. The largest absolute Gasteiger partial charge is 0.198 e. The molecule has 3 heteroatoms. The van der Waals surface area contributed by atoms with Crippen LogP contribution < -0.4 is 0 Å². The van der Waals surface area contributed by atoms with Crippen molar-refractivity contribution in [2.24, 2.45) is 5.92 Å². The fraction of sp³-hybridized carbons (Fsp3) is 0.889. The van der Waals surface area contributed by atoms with E-state index in [-0.39, 0.29) is 0 Å². The van der Waals surface area contributed by atoms with Gasteiger partial charge < -0.3 is 0 Å². The second-order valence-electron chi connectivity index (χ2n) is 3.09. The van der Waals surface area contributed by atoms with Gasteiger partial charge in [0, 0.05) is 17.9 Å². The first kappa shape index (κ1) is 12.2. The minimum absolute atomic E-state index is 0.706. The van der Waals surface area contributed by atoms with Gasteiger partial charge in [0.2, 0.25) is 0 Å². The van der Waals surface area contributed by atoms with Gasteiger partial charge in [0.1, 0.15) is 0 Å². The van der Waals surface area contributed by atoms with E-state index in [1.54, 1.807) is 0 Å². The summed E-state index contributed by atoms with van der Waals surface area (Å²) in [6.07, 6.45) is 3.05. The zero-order chi connectivity index (χ0) is 9.23. The molecule has 12 heavy (non-hydrogen) atoms. The summed E-state index contributed by atoms with van der Waals surface area (Å²) in [7, 11) is 3.84. The predicted molar refractivity (Wildman–Crippen MR) is 59.2 cm³/mol. The van der Waals surface area contributed by atoms with E-state index in [1.807, 2.05) is 21.6 Å². The summed E-state index contributed by atoms with van der Waals surface area (Å²) in [6.45, 7) is 4.50. The Morgan fingerprint density at radius 2 is 1.92 bits per heavy atom. The van der Waals surface area contributed by atoms with Crippen molar-refractivity contribution in [2.45, 2.75) is 33.1 Å². The second kappa shape index (κ2) is 9.28. The highest BCUT2D eigenvalue weighted by molar-refractivity contribution is 8.76. The molecule has 0 fully saturated rings. The van der Waals surface area contributed by atoms with Crippen molar-refractivity contribution in [1.82, 2.24) is 0 Å². The lowest BCUT2D eigenvalue weighted by atomic mass is 10.2. The highest BCUT2D eigenvalue weighted by Gasteiger charge is 1.94. The summed E-state index contributed by atoms with van der Waals surface area (Å²) in [6, 6.07) is 2.15. The number of nitriles is 1. The molecule has 0 aromatic carbocycles. The van der Waals surface area contributed by atoms with Gasteiger partial charge >= 0.3 is 0 Å². The summed E-state index contributed by atoms with van der Waals surface area (Å²) in [5.74, 6) is 3.18. The van der Waals surface area contributed by atoms with E-state index < -0.39 is 0 Å². The molecule has 0 rings (SSSR count). The number of nitrogens with zero attached hydrogens (tertiary/aromatic N) is 1.